The van der Waals surface area contributed by atoms with Crippen LogP contribution >= 0.6 is 0 Å². The molecule has 0 bridgehead atoms. The molecule has 0 heterocycles. The summed E-state index contributed by atoms with van der Waals surface area (Å²) < 4.78 is 5.21. The number of benzene rings is 1. The van der Waals surface area contributed by atoms with Crippen molar-refractivity contribution < 1.29 is 9.84 Å². The average Bonchev–Trinajstić information content (AvgIpc) is 2.34. The summed E-state index contributed by atoms with van der Waals surface area (Å²) in [7, 11) is 1.67. The van der Waals surface area contributed by atoms with Crippen LogP contribution in [0, 0.1) is 5.92 Å². The van der Waals surface area contributed by atoms with Crippen molar-refractivity contribution in [1.29, 1.82) is 0 Å². The van der Waals surface area contributed by atoms with E-state index in [4.69, 9.17) is 4.74 Å². The van der Waals surface area contributed by atoms with E-state index in [1.165, 1.54) is 19.3 Å². The van der Waals surface area contributed by atoms with Gasteiger partial charge in [-0.3, -0.25) is 0 Å². The maximum absolute atomic E-state index is 9.65. The van der Waals surface area contributed by atoms with Crippen LogP contribution in [0.3, 0.4) is 0 Å². The van der Waals surface area contributed by atoms with E-state index in [1.54, 1.807) is 7.11 Å². The molecule has 0 aromatic heterocycles. The second-order valence-electron chi connectivity index (χ2n) is 5.58. The summed E-state index contributed by atoms with van der Waals surface area (Å²) in [6, 6.07) is 7.86. The topological polar surface area (TPSA) is 41.5 Å². The lowest BCUT2D eigenvalue weighted by atomic mass is 9.76. The highest BCUT2D eigenvalue weighted by Gasteiger charge is 2.30. The molecule has 1 aromatic carbocycles. The van der Waals surface area contributed by atoms with Crippen LogP contribution in [-0.4, -0.2) is 24.4 Å². The van der Waals surface area contributed by atoms with Crippen LogP contribution in [0.1, 0.15) is 32.6 Å². The number of anilines is 1. The minimum atomic E-state index is -0.239. The Bertz CT molecular complexity index is 390. The molecule has 1 saturated carbocycles. The number of aliphatic hydroxyl groups is 1. The Morgan fingerprint density at radius 1 is 1.44 bits per heavy atom. The van der Waals surface area contributed by atoms with Gasteiger partial charge in [0.1, 0.15) is 5.75 Å². The lowest BCUT2D eigenvalue weighted by Crippen LogP contribution is -2.41. The summed E-state index contributed by atoms with van der Waals surface area (Å²) >= 11 is 0. The van der Waals surface area contributed by atoms with Crippen molar-refractivity contribution in [3.05, 3.63) is 24.3 Å². The molecular formula is C15H23NO2. The van der Waals surface area contributed by atoms with Crippen molar-refractivity contribution >= 4 is 5.69 Å². The van der Waals surface area contributed by atoms with Crippen molar-refractivity contribution in [2.45, 2.75) is 38.1 Å². The normalized spacial score (nSPS) is 18.8. The fourth-order valence-electron chi connectivity index (χ4n) is 2.54. The van der Waals surface area contributed by atoms with Gasteiger partial charge in [-0.2, -0.15) is 0 Å². The minimum Gasteiger partial charge on any atom is -0.497 e. The van der Waals surface area contributed by atoms with Gasteiger partial charge in [0.25, 0.3) is 0 Å². The Hall–Kier alpha value is -1.22. The van der Waals surface area contributed by atoms with Gasteiger partial charge < -0.3 is 15.2 Å². The van der Waals surface area contributed by atoms with E-state index in [0.29, 0.717) is 0 Å². The predicted octanol–water partition coefficient (Wildman–Crippen LogP) is 3.05. The van der Waals surface area contributed by atoms with Gasteiger partial charge in [-0.05, 0) is 31.4 Å². The number of hydrogen-bond acceptors (Lipinski definition) is 3. The molecular weight excluding hydrogens is 226 g/mol. The van der Waals surface area contributed by atoms with Gasteiger partial charge in [-0.25, -0.2) is 0 Å². The molecule has 1 unspecified atom stereocenters. The molecule has 1 aliphatic carbocycles. The van der Waals surface area contributed by atoms with Gasteiger partial charge in [0, 0.05) is 11.8 Å². The Morgan fingerprint density at radius 3 is 2.78 bits per heavy atom. The van der Waals surface area contributed by atoms with Crippen molar-refractivity contribution in [2.75, 3.05) is 19.0 Å². The van der Waals surface area contributed by atoms with Crippen LogP contribution < -0.4 is 10.1 Å². The van der Waals surface area contributed by atoms with Gasteiger partial charge in [0.05, 0.1) is 19.3 Å². The SMILES string of the molecule is COc1cccc(NC(C)(CO)CC2CCC2)c1. The molecule has 3 nitrogen and oxygen atoms in total. The maximum atomic E-state index is 9.65. The third-order valence-electron chi connectivity index (χ3n) is 3.83. The molecule has 3 heteroatoms. The molecule has 0 spiro atoms. The summed E-state index contributed by atoms with van der Waals surface area (Å²) in [4.78, 5) is 0. The molecule has 0 saturated heterocycles. The van der Waals surface area contributed by atoms with Gasteiger partial charge in [0.15, 0.2) is 0 Å². The van der Waals surface area contributed by atoms with Crippen molar-refractivity contribution in [2.24, 2.45) is 5.92 Å². The molecule has 2 N–H and O–H groups in total. The van der Waals surface area contributed by atoms with Gasteiger partial charge in [-0.1, -0.05) is 25.3 Å². The molecule has 1 aromatic rings. The highest BCUT2D eigenvalue weighted by atomic mass is 16.5. The highest BCUT2D eigenvalue weighted by Crippen LogP contribution is 2.35. The van der Waals surface area contributed by atoms with Crippen LogP contribution in [0.25, 0.3) is 0 Å². The zero-order valence-corrected chi connectivity index (χ0v) is 11.3. The van der Waals surface area contributed by atoms with E-state index in [-0.39, 0.29) is 12.1 Å². The van der Waals surface area contributed by atoms with E-state index in [2.05, 4.69) is 12.2 Å². The third kappa shape index (κ3) is 3.16. The molecule has 0 radical (unpaired) electrons. The largest absolute Gasteiger partial charge is 0.497 e. The number of methoxy groups -OCH3 is 1. The van der Waals surface area contributed by atoms with Crippen molar-refractivity contribution in [1.82, 2.24) is 0 Å². The molecule has 1 fully saturated rings. The molecule has 1 aliphatic rings. The van der Waals surface area contributed by atoms with Crippen LogP contribution in [0.15, 0.2) is 24.3 Å². The fraction of sp³-hybridized carbons (Fsp3) is 0.600. The maximum Gasteiger partial charge on any atom is 0.120 e. The number of rotatable bonds is 6. The lowest BCUT2D eigenvalue weighted by molar-refractivity contribution is 0.167. The van der Waals surface area contributed by atoms with E-state index in [0.717, 1.165) is 23.8 Å². The summed E-state index contributed by atoms with van der Waals surface area (Å²) in [6.45, 7) is 2.24. The lowest BCUT2D eigenvalue weighted by Gasteiger charge is -2.37. The smallest absolute Gasteiger partial charge is 0.120 e. The molecule has 0 aliphatic heterocycles. The van der Waals surface area contributed by atoms with E-state index >= 15 is 0 Å². The molecule has 2 rings (SSSR count). The van der Waals surface area contributed by atoms with Crippen LogP contribution in [0.5, 0.6) is 5.75 Å². The first-order chi connectivity index (χ1) is 8.65. The standard InChI is InChI=1S/C15H23NO2/c1-15(11-17,10-12-5-3-6-12)16-13-7-4-8-14(9-13)18-2/h4,7-9,12,16-17H,3,5-6,10-11H2,1-2H3. The summed E-state index contributed by atoms with van der Waals surface area (Å²) in [6.07, 6.45) is 4.97. The first-order valence-corrected chi connectivity index (χ1v) is 6.68. The van der Waals surface area contributed by atoms with E-state index in [1.807, 2.05) is 24.3 Å². The van der Waals surface area contributed by atoms with Crippen molar-refractivity contribution in [3.8, 4) is 5.75 Å². The van der Waals surface area contributed by atoms with Crippen LogP contribution in [-0.2, 0) is 0 Å². The second-order valence-corrected chi connectivity index (χ2v) is 5.58. The fourth-order valence-corrected chi connectivity index (χ4v) is 2.54. The van der Waals surface area contributed by atoms with E-state index < -0.39 is 0 Å². The average molecular weight is 249 g/mol. The Labute approximate surface area is 109 Å². The molecule has 100 valence electrons. The molecule has 0 amide bonds. The van der Waals surface area contributed by atoms with Gasteiger partial charge >= 0.3 is 0 Å². The zero-order chi connectivity index (χ0) is 13.0. The molecule has 1 atom stereocenters. The Balaban J connectivity index is 2.03. The number of ether oxygens (including phenoxy) is 1. The van der Waals surface area contributed by atoms with Crippen LogP contribution in [0.4, 0.5) is 5.69 Å². The van der Waals surface area contributed by atoms with Gasteiger partial charge in [-0.15, -0.1) is 0 Å². The Morgan fingerprint density at radius 2 is 2.22 bits per heavy atom. The minimum absolute atomic E-state index is 0.153. The zero-order valence-electron chi connectivity index (χ0n) is 11.3. The van der Waals surface area contributed by atoms with E-state index in [9.17, 15) is 5.11 Å². The molecule has 18 heavy (non-hydrogen) atoms. The third-order valence-corrected chi connectivity index (χ3v) is 3.83. The quantitative estimate of drug-likeness (QED) is 0.814. The number of nitrogens with one attached hydrogen (secondary N) is 1. The highest BCUT2D eigenvalue weighted by molar-refractivity contribution is 5.50. The van der Waals surface area contributed by atoms with Crippen molar-refractivity contribution in [3.63, 3.8) is 0 Å². The summed E-state index contributed by atoms with van der Waals surface area (Å²) in [5, 5.41) is 13.1. The summed E-state index contributed by atoms with van der Waals surface area (Å²) in [5.41, 5.74) is 0.766. The predicted molar refractivity (Wildman–Crippen MR) is 74.1 cm³/mol. The number of hydrogen-bond donors (Lipinski definition) is 2. The first kappa shape index (κ1) is 13.2. The number of aliphatic hydroxyl groups excluding tert-OH is 1. The monoisotopic (exact) mass is 249 g/mol. The second kappa shape index (κ2) is 5.61. The van der Waals surface area contributed by atoms with Crippen LogP contribution in [0.2, 0.25) is 0 Å². The summed E-state index contributed by atoms with van der Waals surface area (Å²) in [5.74, 6) is 1.60. The Kier molecular flexibility index (Phi) is 4.12. The van der Waals surface area contributed by atoms with Gasteiger partial charge in [0.2, 0.25) is 0 Å². The first-order valence-electron chi connectivity index (χ1n) is 6.68.